The van der Waals surface area contributed by atoms with E-state index < -0.39 is 0 Å². The summed E-state index contributed by atoms with van der Waals surface area (Å²) in [6, 6.07) is 0. The fourth-order valence-electron chi connectivity index (χ4n) is 2.83. The van der Waals surface area contributed by atoms with Crippen molar-refractivity contribution in [1.29, 1.82) is 0 Å². The molecule has 0 bridgehead atoms. The summed E-state index contributed by atoms with van der Waals surface area (Å²) in [7, 11) is 0. The maximum atomic E-state index is 5.93. The maximum absolute atomic E-state index is 5.93. The van der Waals surface area contributed by atoms with Gasteiger partial charge in [-0.2, -0.15) is 0 Å². The largest absolute Gasteiger partial charge is 0.375 e. The smallest absolute Gasteiger partial charge is 0.0643 e. The summed E-state index contributed by atoms with van der Waals surface area (Å²) < 4.78 is 5.93. The predicted molar refractivity (Wildman–Crippen MR) is 53.6 cm³/mol. The van der Waals surface area contributed by atoms with Crippen molar-refractivity contribution < 1.29 is 4.74 Å². The average molecular weight is 233 g/mol. The minimum Gasteiger partial charge on any atom is -0.375 e. The summed E-state index contributed by atoms with van der Waals surface area (Å²) in [5.41, 5.74) is 0.498. The van der Waals surface area contributed by atoms with Gasteiger partial charge in [0.15, 0.2) is 0 Å². The van der Waals surface area contributed by atoms with Crippen LogP contribution in [0.3, 0.4) is 0 Å². The molecule has 1 nitrogen and oxygen atoms in total. The molecule has 0 spiro atoms. The highest BCUT2D eigenvalue weighted by Crippen LogP contribution is 2.48. The van der Waals surface area contributed by atoms with Crippen LogP contribution in [0.25, 0.3) is 0 Å². The molecule has 1 aliphatic carbocycles. The number of halogens is 1. The summed E-state index contributed by atoms with van der Waals surface area (Å²) in [5.74, 6) is 0. The Morgan fingerprint density at radius 2 is 2.33 bits per heavy atom. The van der Waals surface area contributed by atoms with Gasteiger partial charge in [0.2, 0.25) is 0 Å². The fourth-order valence-corrected chi connectivity index (χ4v) is 3.70. The first-order chi connectivity index (χ1) is 5.77. The maximum Gasteiger partial charge on any atom is 0.0643 e. The zero-order chi connectivity index (χ0) is 8.60. The lowest BCUT2D eigenvalue weighted by molar-refractivity contribution is 0.00208. The summed E-state index contributed by atoms with van der Waals surface area (Å²) in [5, 5.41) is 1.13. The van der Waals surface area contributed by atoms with Gasteiger partial charge in [0.25, 0.3) is 0 Å². The molecular weight excluding hydrogens is 216 g/mol. The van der Waals surface area contributed by atoms with Crippen LogP contribution < -0.4 is 0 Å². The Hall–Kier alpha value is 0.440. The van der Waals surface area contributed by atoms with Crippen LogP contribution in [0.15, 0.2) is 0 Å². The van der Waals surface area contributed by atoms with Gasteiger partial charge in [-0.25, -0.2) is 0 Å². The van der Waals surface area contributed by atoms with E-state index in [0.29, 0.717) is 17.6 Å². The van der Waals surface area contributed by atoms with E-state index >= 15 is 0 Å². The van der Waals surface area contributed by atoms with Crippen molar-refractivity contribution in [2.75, 3.05) is 5.33 Å². The third-order valence-electron chi connectivity index (χ3n) is 3.43. The van der Waals surface area contributed by atoms with Crippen LogP contribution in [0.5, 0.6) is 0 Å². The lowest BCUT2D eigenvalue weighted by Gasteiger charge is -2.36. The van der Waals surface area contributed by atoms with E-state index in [1.807, 2.05) is 0 Å². The minimum absolute atomic E-state index is 0.491. The highest BCUT2D eigenvalue weighted by molar-refractivity contribution is 9.09. The van der Waals surface area contributed by atoms with Crippen molar-refractivity contribution in [2.45, 2.75) is 51.2 Å². The highest BCUT2D eigenvalue weighted by atomic mass is 79.9. The fraction of sp³-hybridized carbons (Fsp3) is 1.00. The van der Waals surface area contributed by atoms with E-state index in [9.17, 15) is 0 Å². The van der Waals surface area contributed by atoms with Gasteiger partial charge >= 0.3 is 0 Å². The molecule has 0 unspecified atom stereocenters. The highest BCUT2D eigenvalue weighted by Gasteiger charge is 2.47. The first kappa shape index (κ1) is 9.01. The number of fused-ring (bicyclic) bond motifs is 1. The molecule has 0 amide bonds. The molecule has 2 fully saturated rings. The van der Waals surface area contributed by atoms with Gasteiger partial charge in [-0.05, 0) is 26.2 Å². The summed E-state index contributed by atoms with van der Waals surface area (Å²) in [6.07, 6.45) is 7.74. The van der Waals surface area contributed by atoms with Gasteiger partial charge in [0.05, 0.1) is 12.2 Å². The molecule has 2 rings (SSSR count). The molecule has 0 aromatic rings. The van der Waals surface area contributed by atoms with Crippen LogP contribution in [-0.4, -0.2) is 17.5 Å². The van der Waals surface area contributed by atoms with Gasteiger partial charge in [-0.1, -0.05) is 28.8 Å². The molecule has 0 aromatic heterocycles. The standard InChI is InChI=1S/C10H17BrO/c1-8-6-10(7-11)5-3-2-4-9(10)12-8/h8-9H,2-7H2,1H3/t8-,9+,10-/m1/s1. The molecule has 1 saturated carbocycles. The van der Waals surface area contributed by atoms with Gasteiger partial charge in [0.1, 0.15) is 0 Å². The molecule has 2 heteroatoms. The molecule has 2 aliphatic rings. The quantitative estimate of drug-likeness (QED) is 0.632. The molecular formula is C10H17BrO. The van der Waals surface area contributed by atoms with Crippen molar-refractivity contribution in [2.24, 2.45) is 5.41 Å². The van der Waals surface area contributed by atoms with Gasteiger partial charge in [-0.15, -0.1) is 0 Å². The SMILES string of the molecule is C[C@@H]1C[C@@]2(CBr)CCCC[C@@H]2O1. The molecule has 1 saturated heterocycles. The molecule has 0 aromatic carbocycles. The molecule has 3 atom stereocenters. The molecule has 12 heavy (non-hydrogen) atoms. The zero-order valence-corrected chi connectivity index (χ0v) is 9.27. The van der Waals surface area contributed by atoms with Crippen LogP contribution in [0.1, 0.15) is 39.0 Å². The lowest BCUT2D eigenvalue weighted by Crippen LogP contribution is -2.35. The molecule has 0 radical (unpaired) electrons. The summed E-state index contributed by atoms with van der Waals surface area (Å²) in [4.78, 5) is 0. The Morgan fingerprint density at radius 1 is 1.50 bits per heavy atom. The molecule has 1 aliphatic heterocycles. The number of alkyl halides is 1. The van der Waals surface area contributed by atoms with E-state index in [0.717, 1.165) is 5.33 Å². The van der Waals surface area contributed by atoms with Gasteiger partial charge in [-0.3, -0.25) is 0 Å². The van der Waals surface area contributed by atoms with Crippen LogP contribution in [-0.2, 0) is 4.74 Å². The first-order valence-corrected chi connectivity index (χ1v) is 6.10. The Bertz CT molecular complexity index is 171. The summed E-state index contributed by atoms with van der Waals surface area (Å²) >= 11 is 3.66. The normalized spacial score (nSPS) is 47.5. The third-order valence-corrected chi connectivity index (χ3v) is 4.55. The second-order valence-electron chi connectivity index (χ2n) is 4.38. The Labute approximate surface area is 83.0 Å². The number of hydrogen-bond donors (Lipinski definition) is 0. The van der Waals surface area contributed by atoms with Crippen molar-refractivity contribution in [3.63, 3.8) is 0 Å². The summed E-state index contributed by atoms with van der Waals surface area (Å²) in [6.45, 7) is 2.21. The predicted octanol–water partition coefficient (Wildman–Crippen LogP) is 3.12. The molecule has 1 heterocycles. The first-order valence-electron chi connectivity index (χ1n) is 4.98. The van der Waals surface area contributed by atoms with Crippen molar-refractivity contribution in [3.8, 4) is 0 Å². The Morgan fingerprint density at radius 3 is 3.00 bits per heavy atom. The van der Waals surface area contributed by atoms with Crippen LogP contribution >= 0.6 is 15.9 Å². The third kappa shape index (κ3) is 1.33. The second kappa shape index (κ2) is 3.30. The minimum atomic E-state index is 0.491. The van der Waals surface area contributed by atoms with E-state index in [1.165, 1.54) is 32.1 Å². The second-order valence-corrected chi connectivity index (χ2v) is 4.94. The van der Waals surface area contributed by atoms with E-state index in [4.69, 9.17) is 4.74 Å². The van der Waals surface area contributed by atoms with Crippen molar-refractivity contribution in [1.82, 2.24) is 0 Å². The molecule has 0 N–H and O–H groups in total. The van der Waals surface area contributed by atoms with E-state index in [-0.39, 0.29) is 0 Å². The van der Waals surface area contributed by atoms with Crippen LogP contribution in [0, 0.1) is 5.41 Å². The van der Waals surface area contributed by atoms with Crippen molar-refractivity contribution >= 4 is 15.9 Å². The lowest BCUT2D eigenvalue weighted by atomic mass is 9.72. The van der Waals surface area contributed by atoms with Crippen LogP contribution in [0.4, 0.5) is 0 Å². The average Bonchev–Trinajstić information content (AvgIpc) is 2.41. The van der Waals surface area contributed by atoms with Gasteiger partial charge in [0, 0.05) is 10.7 Å². The zero-order valence-electron chi connectivity index (χ0n) is 7.68. The number of hydrogen-bond acceptors (Lipinski definition) is 1. The number of rotatable bonds is 1. The molecule has 70 valence electrons. The van der Waals surface area contributed by atoms with E-state index in [1.54, 1.807) is 0 Å². The Kier molecular flexibility index (Phi) is 2.48. The van der Waals surface area contributed by atoms with Gasteiger partial charge < -0.3 is 4.74 Å². The Balaban J connectivity index is 2.14. The van der Waals surface area contributed by atoms with Crippen molar-refractivity contribution in [3.05, 3.63) is 0 Å². The monoisotopic (exact) mass is 232 g/mol. The number of ether oxygens (including phenoxy) is 1. The topological polar surface area (TPSA) is 9.23 Å². The van der Waals surface area contributed by atoms with Crippen LogP contribution in [0.2, 0.25) is 0 Å². The van der Waals surface area contributed by atoms with E-state index in [2.05, 4.69) is 22.9 Å².